The average Bonchev–Trinajstić information content (AvgIpc) is 2.96. The van der Waals surface area contributed by atoms with Crippen molar-refractivity contribution in [2.45, 2.75) is 58.3 Å². The molecule has 5 rings (SSSR count). The van der Waals surface area contributed by atoms with Gasteiger partial charge in [0.15, 0.2) is 0 Å². The van der Waals surface area contributed by atoms with Crippen LogP contribution in [0.3, 0.4) is 0 Å². The molecule has 1 aromatic rings. The summed E-state index contributed by atoms with van der Waals surface area (Å²) in [5.74, 6) is 1.85. The van der Waals surface area contributed by atoms with Crippen molar-refractivity contribution in [3.63, 3.8) is 0 Å². The summed E-state index contributed by atoms with van der Waals surface area (Å²) in [5.41, 5.74) is 9.33. The van der Waals surface area contributed by atoms with Crippen LogP contribution in [0.4, 0.5) is 0 Å². The fourth-order valence-corrected chi connectivity index (χ4v) is 6.40. The molecule has 0 N–H and O–H groups in total. The Kier molecular flexibility index (Phi) is 3.64. The lowest BCUT2D eigenvalue weighted by Gasteiger charge is -2.48. The first kappa shape index (κ1) is 16.3. The van der Waals surface area contributed by atoms with Crippen LogP contribution in [-0.4, -0.2) is 5.78 Å². The van der Waals surface area contributed by atoms with Gasteiger partial charge in [-0.05, 0) is 78.1 Å². The van der Waals surface area contributed by atoms with Gasteiger partial charge in [-0.3, -0.25) is 4.79 Å². The van der Waals surface area contributed by atoms with Crippen LogP contribution in [0.5, 0.6) is 0 Å². The van der Waals surface area contributed by atoms with Crippen LogP contribution >= 0.6 is 0 Å². The lowest BCUT2D eigenvalue weighted by molar-refractivity contribution is -0.118. The standard InChI is InChI=1S/C25H28O/c1-16-8-13-23-21-11-9-18-14-19(26)10-12-20(18)24(21)22(15-25(16,23)2)17-6-4-3-5-7-17/h3-7,21,23H,1,8-15H2,2H3/t21?,23?,25-/m1/s1. The number of hydrogen-bond acceptors (Lipinski definition) is 1. The summed E-state index contributed by atoms with van der Waals surface area (Å²) in [7, 11) is 0. The van der Waals surface area contributed by atoms with Crippen molar-refractivity contribution in [3.8, 4) is 0 Å². The minimum Gasteiger partial charge on any atom is -0.299 e. The Bertz CT molecular complexity index is 853. The Labute approximate surface area is 156 Å². The van der Waals surface area contributed by atoms with Gasteiger partial charge in [0, 0.05) is 12.8 Å². The van der Waals surface area contributed by atoms with E-state index in [0.29, 0.717) is 18.1 Å². The summed E-state index contributed by atoms with van der Waals surface area (Å²) in [6.45, 7) is 6.96. The van der Waals surface area contributed by atoms with E-state index in [0.717, 1.165) is 31.6 Å². The van der Waals surface area contributed by atoms with Crippen LogP contribution in [0.15, 0.2) is 59.2 Å². The summed E-state index contributed by atoms with van der Waals surface area (Å²) in [6.07, 6.45) is 8.40. The monoisotopic (exact) mass is 344 g/mol. The molecule has 26 heavy (non-hydrogen) atoms. The molecular weight excluding hydrogens is 316 g/mol. The highest BCUT2D eigenvalue weighted by atomic mass is 16.1. The minimum absolute atomic E-state index is 0.252. The summed E-state index contributed by atoms with van der Waals surface area (Å²) >= 11 is 0. The predicted octanol–water partition coefficient (Wildman–Crippen LogP) is 6.28. The number of hydrogen-bond donors (Lipinski definition) is 0. The number of Topliss-reactive ketones (excluding diaryl/α,β-unsaturated/α-hetero) is 1. The van der Waals surface area contributed by atoms with E-state index in [1.54, 1.807) is 16.7 Å². The Balaban J connectivity index is 1.73. The van der Waals surface area contributed by atoms with Crippen LogP contribution < -0.4 is 0 Å². The summed E-state index contributed by atoms with van der Waals surface area (Å²) in [4.78, 5) is 12.0. The highest BCUT2D eigenvalue weighted by molar-refractivity contribution is 5.85. The zero-order valence-corrected chi connectivity index (χ0v) is 15.8. The molecule has 0 heterocycles. The zero-order valence-electron chi connectivity index (χ0n) is 15.8. The molecule has 0 radical (unpaired) electrons. The van der Waals surface area contributed by atoms with Crippen molar-refractivity contribution in [1.29, 1.82) is 0 Å². The van der Waals surface area contributed by atoms with Crippen LogP contribution in [0.1, 0.15) is 63.9 Å². The third-order valence-electron chi connectivity index (χ3n) is 7.80. The summed E-state index contributed by atoms with van der Waals surface area (Å²) in [6, 6.07) is 11.0. The van der Waals surface area contributed by atoms with E-state index in [4.69, 9.17) is 0 Å². The largest absolute Gasteiger partial charge is 0.299 e. The van der Waals surface area contributed by atoms with Gasteiger partial charge in [-0.1, -0.05) is 55.0 Å². The highest BCUT2D eigenvalue weighted by Crippen LogP contribution is 2.63. The number of carbonyl (C=O) groups excluding carboxylic acids is 1. The van der Waals surface area contributed by atoms with Gasteiger partial charge in [-0.15, -0.1) is 0 Å². The SMILES string of the molecule is C=C1CCC2C3CCC4=C(CCC(=O)C4)C3=C(c3ccccc3)C[C@]12C. The lowest BCUT2D eigenvalue weighted by atomic mass is 9.55. The first-order chi connectivity index (χ1) is 12.6. The molecule has 134 valence electrons. The van der Waals surface area contributed by atoms with Crippen molar-refractivity contribution in [2.75, 3.05) is 0 Å². The first-order valence-electron chi connectivity index (χ1n) is 10.3. The molecule has 0 aromatic heterocycles. The van der Waals surface area contributed by atoms with Crippen LogP contribution in [0.2, 0.25) is 0 Å². The number of benzene rings is 1. The van der Waals surface area contributed by atoms with E-state index in [1.165, 1.54) is 36.0 Å². The molecule has 1 nitrogen and oxygen atoms in total. The van der Waals surface area contributed by atoms with Gasteiger partial charge in [0.1, 0.15) is 5.78 Å². The number of allylic oxidation sites excluding steroid dienone is 5. The molecule has 2 unspecified atom stereocenters. The van der Waals surface area contributed by atoms with Gasteiger partial charge in [-0.2, -0.15) is 0 Å². The zero-order chi connectivity index (χ0) is 17.9. The van der Waals surface area contributed by atoms with E-state index in [1.807, 2.05) is 0 Å². The Morgan fingerprint density at radius 1 is 1.00 bits per heavy atom. The van der Waals surface area contributed by atoms with Gasteiger partial charge < -0.3 is 0 Å². The number of carbonyl (C=O) groups is 1. The first-order valence-corrected chi connectivity index (χ1v) is 10.3. The summed E-state index contributed by atoms with van der Waals surface area (Å²) in [5, 5.41) is 0. The van der Waals surface area contributed by atoms with Gasteiger partial charge in [0.2, 0.25) is 0 Å². The third-order valence-corrected chi connectivity index (χ3v) is 7.80. The highest BCUT2D eigenvalue weighted by Gasteiger charge is 2.51. The fraction of sp³-hybridized carbons (Fsp3) is 0.480. The number of ketones is 1. The van der Waals surface area contributed by atoms with Crippen LogP contribution in [0.25, 0.3) is 5.57 Å². The van der Waals surface area contributed by atoms with Crippen LogP contribution in [0, 0.1) is 17.3 Å². The smallest absolute Gasteiger partial charge is 0.137 e. The van der Waals surface area contributed by atoms with E-state index < -0.39 is 0 Å². The Morgan fingerprint density at radius 2 is 1.81 bits per heavy atom. The molecule has 0 saturated heterocycles. The predicted molar refractivity (Wildman–Crippen MR) is 107 cm³/mol. The quantitative estimate of drug-likeness (QED) is 0.548. The molecule has 0 spiro atoms. The van der Waals surface area contributed by atoms with E-state index >= 15 is 0 Å². The van der Waals surface area contributed by atoms with Crippen molar-refractivity contribution in [2.24, 2.45) is 17.3 Å². The number of fused-ring (bicyclic) bond motifs is 4. The molecule has 1 aromatic carbocycles. The van der Waals surface area contributed by atoms with Gasteiger partial charge in [0.25, 0.3) is 0 Å². The maximum Gasteiger partial charge on any atom is 0.137 e. The fourth-order valence-electron chi connectivity index (χ4n) is 6.40. The molecule has 0 amide bonds. The molecule has 4 aliphatic rings. The minimum atomic E-state index is 0.252. The molecule has 1 fully saturated rings. The maximum atomic E-state index is 12.0. The van der Waals surface area contributed by atoms with Crippen molar-refractivity contribution >= 4 is 11.4 Å². The van der Waals surface area contributed by atoms with Crippen molar-refractivity contribution in [3.05, 3.63) is 64.8 Å². The second-order valence-electron chi connectivity index (χ2n) is 9.04. The van der Waals surface area contributed by atoms with Gasteiger partial charge in [0.05, 0.1) is 0 Å². The van der Waals surface area contributed by atoms with Crippen molar-refractivity contribution in [1.82, 2.24) is 0 Å². The third kappa shape index (κ3) is 2.25. The molecule has 0 aliphatic heterocycles. The van der Waals surface area contributed by atoms with Crippen LogP contribution in [-0.2, 0) is 4.79 Å². The molecule has 1 saturated carbocycles. The molecule has 0 bridgehead atoms. The maximum absolute atomic E-state index is 12.0. The molecule has 3 atom stereocenters. The normalized spacial score (nSPS) is 33.9. The van der Waals surface area contributed by atoms with E-state index in [2.05, 4.69) is 43.8 Å². The van der Waals surface area contributed by atoms with Gasteiger partial charge in [-0.25, -0.2) is 0 Å². The Morgan fingerprint density at radius 3 is 2.62 bits per heavy atom. The molecule has 1 heteroatoms. The van der Waals surface area contributed by atoms with E-state index in [9.17, 15) is 4.79 Å². The molecule has 4 aliphatic carbocycles. The molecular formula is C25H28O. The summed E-state index contributed by atoms with van der Waals surface area (Å²) < 4.78 is 0. The second kappa shape index (κ2) is 5.81. The van der Waals surface area contributed by atoms with Crippen molar-refractivity contribution < 1.29 is 4.79 Å². The lowest BCUT2D eigenvalue weighted by Crippen LogP contribution is -2.38. The second-order valence-corrected chi connectivity index (χ2v) is 9.04. The average molecular weight is 344 g/mol. The number of rotatable bonds is 1. The topological polar surface area (TPSA) is 17.1 Å². The Hall–Kier alpha value is -1.89. The van der Waals surface area contributed by atoms with E-state index in [-0.39, 0.29) is 5.41 Å². The van der Waals surface area contributed by atoms with Gasteiger partial charge >= 0.3 is 0 Å².